The molecule has 0 saturated carbocycles. The van der Waals surface area contributed by atoms with Crippen LogP contribution in [0.2, 0.25) is 0 Å². The Balaban J connectivity index is 1.75. The fraction of sp³-hybridized carbons (Fsp3) is 0.375. The normalized spacial score (nSPS) is 19.0. The predicted octanol–water partition coefficient (Wildman–Crippen LogP) is 2.07. The molecule has 0 radical (unpaired) electrons. The fourth-order valence-electron chi connectivity index (χ4n) is 4.16. The quantitative estimate of drug-likeness (QED) is 0.643. The first-order chi connectivity index (χ1) is 16.5. The van der Waals surface area contributed by atoms with Crippen LogP contribution in [0.1, 0.15) is 53.6 Å². The van der Waals surface area contributed by atoms with Crippen LogP contribution in [0.25, 0.3) is 0 Å². The number of hydrogen-bond donors (Lipinski definition) is 2. The summed E-state index contributed by atoms with van der Waals surface area (Å²) in [6.07, 6.45) is 1.05. The van der Waals surface area contributed by atoms with Crippen LogP contribution >= 0.6 is 0 Å². The number of carbonyl (C=O) groups excluding carboxylic acids is 2. The van der Waals surface area contributed by atoms with Gasteiger partial charge in [-0.2, -0.15) is 0 Å². The van der Waals surface area contributed by atoms with E-state index < -0.39 is 64.3 Å². The summed E-state index contributed by atoms with van der Waals surface area (Å²) in [4.78, 5) is 40.4. The van der Waals surface area contributed by atoms with Gasteiger partial charge >= 0.3 is 0 Å². The van der Waals surface area contributed by atoms with Gasteiger partial charge in [-0.25, -0.2) is 13.2 Å². The van der Waals surface area contributed by atoms with Gasteiger partial charge < -0.3 is 15.3 Å². The topological polar surface area (TPSA) is 94.9 Å². The molecule has 2 atom stereocenters. The molecule has 2 aromatic rings. The Hall–Kier alpha value is -3.94. The van der Waals surface area contributed by atoms with Crippen molar-refractivity contribution in [2.24, 2.45) is 5.92 Å². The van der Waals surface area contributed by atoms with Crippen LogP contribution in [0.4, 0.5) is 13.2 Å². The van der Waals surface area contributed by atoms with Crippen molar-refractivity contribution in [1.82, 2.24) is 14.9 Å². The summed E-state index contributed by atoms with van der Waals surface area (Å²) in [6.45, 7) is 5.22. The van der Waals surface area contributed by atoms with Gasteiger partial charge in [-0.15, -0.1) is 0 Å². The van der Waals surface area contributed by atoms with Crippen LogP contribution in [0.3, 0.4) is 0 Å². The van der Waals surface area contributed by atoms with Crippen LogP contribution in [-0.4, -0.2) is 45.2 Å². The van der Waals surface area contributed by atoms with E-state index >= 15 is 0 Å². The van der Waals surface area contributed by atoms with Gasteiger partial charge in [-0.3, -0.25) is 24.1 Å². The zero-order valence-electron chi connectivity index (χ0n) is 19.2. The van der Waals surface area contributed by atoms with Crippen molar-refractivity contribution < 1.29 is 27.9 Å². The standard InChI is InChI=1S/C24H23F3N4O4/c1-12(2)31-19-5-4-13(3)6-7-29(19)30-11-16(21(32)22(33)20(30)24(31)35)23(34)28-10-15-17(26)8-14(25)9-18(15)27/h8-9,11-13,19,33H,6-7,10H2,1-3H3,(H,28,34)/t13-,19+/m0/s1. The number of amides is 2. The van der Waals surface area contributed by atoms with Gasteiger partial charge in [0, 0.05) is 48.9 Å². The molecule has 0 aliphatic carbocycles. The molecule has 0 saturated heterocycles. The smallest absolute Gasteiger partial charge is 0.279 e. The number of halogens is 3. The molecular weight excluding hydrogens is 465 g/mol. The maximum absolute atomic E-state index is 13.9. The molecule has 0 bridgehead atoms. The fourth-order valence-corrected chi connectivity index (χ4v) is 4.16. The van der Waals surface area contributed by atoms with Crippen molar-refractivity contribution >= 4 is 11.8 Å². The number of pyridine rings is 1. The van der Waals surface area contributed by atoms with Gasteiger partial charge in [0.25, 0.3) is 11.8 Å². The third-order valence-electron chi connectivity index (χ3n) is 6.01. The van der Waals surface area contributed by atoms with Crippen molar-refractivity contribution in [2.75, 3.05) is 11.6 Å². The molecule has 184 valence electrons. The van der Waals surface area contributed by atoms with E-state index in [1.807, 2.05) is 6.92 Å². The van der Waals surface area contributed by atoms with E-state index in [0.717, 1.165) is 6.20 Å². The van der Waals surface area contributed by atoms with Crippen molar-refractivity contribution in [3.63, 3.8) is 0 Å². The summed E-state index contributed by atoms with van der Waals surface area (Å²) in [5, 5.41) is 14.6. The second kappa shape index (κ2) is 9.02. The highest BCUT2D eigenvalue weighted by atomic mass is 19.1. The van der Waals surface area contributed by atoms with Gasteiger partial charge in [-0.1, -0.05) is 18.8 Å². The highest BCUT2D eigenvalue weighted by molar-refractivity contribution is 5.99. The molecule has 0 spiro atoms. The van der Waals surface area contributed by atoms with E-state index in [9.17, 15) is 32.7 Å². The molecule has 0 unspecified atom stereocenters. The van der Waals surface area contributed by atoms with E-state index in [1.54, 1.807) is 18.9 Å². The Morgan fingerprint density at radius 3 is 2.49 bits per heavy atom. The summed E-state index contributed by atoms with van der Waals surface area (Å²) in [7, 11) is 0. The highest BCUT2D eigenvalue weighted by Crippen LogP contribution is 2.28. The molecule has 1 aromatic carbocycles. The molecule has 2 amide bonds. The molecule has 0 fully saturated rings. The molecule has 3 heterocycles. The lowest BCUT2D eigenvalue weighted by Crippen LogP contribution is -2.62. The second-order valence-corrected chi connectivity index (χ2v) is 8.77. The minimum Gasteiger partial charge on any atom is -0.502 e. The van der Waals surface area contributed by atoms with E-state index in [-0.39, 0.29) is 17.7 Å². The number of fused-ring (bicyclic) bond motifs is 3. The Morgan fingerprint density at radius 1 is 1.20 bits per heavy atom. The SMILES string of the molecule is CC(C)N1C(=O)c2c(O)c(=O)c(C(=O)NCc3c(F)cc(F)cc3F)cn2N2CC[C@@H](C)C#C[C@@H]12. The van der Waals surface area contributed by atoms with Crippen LogP contribution in [0.5, 0.6) is 5.75 Å². The average Bonchev–Trinajstić information content (AvgIpc) is 2.96. The first kappa shape index (κ1) is 24.2. The molecule has 35 heavy (non-hydrogen) atoms. The zero-order chi connectivity index (χ0) is 25.6. The van der Waals surface area contributed by atoms with E-state index in [4.69, 9.17) is 0 Å². The Bertz CT molecular complexity index is 1320. The number of rotatable bonds is 4. The van der Waals surface area contributed by atoms with Crippen molar-refractivity contribution in [3.8, 4) is 17.6 Å². The minimum atomic E-state index is -1.20. The van der Waals surface area contributed by atoms with Gasteiger partial charge in [0.15, 0.2) is 17.6 Å². The van der Waals surface area contributed by atoms with Crippen LogP contribution in [-0.2, 0) is 6.54 Å². The first-order valence-electron chi connectivity index (χ1n) is 11.0. The lowest BCUT2D eigenvalue weighted by Gasteiger charge is -2.45. The van der Waals surface area contributed by atoms with Crippen molar-refractivity contribution in [3.05, 3.63) is 62.8 Å². The van der Waals surface area contributed by atoms with Gasteiger partial charge in [0.2, 0.25) is 5.43 Å². The summed E-state index contributed by atoms with van der Waals surface area (Å²) in [5.74, 6) is 0.102. The Morgan fingerprint density at radius 2 is 1.86 bits per heavy atom. The lowest BCUT2D eigenvalue weighted by molar-refractivity contribution is 0.0559. The molecule has 11 heteroatoms. The molecule has 8 nitrogen and oxygen atoms in total. The van der Waals surface area contributed by atoms with E-state index in [2.05, 4.69) is 17.2 Å². The summed E-state index contributed by atoms with van der Waals surface area (Å²) < 4.78 is 42.3. The second-order valence-electron chi connectivity index (χ2n) is 8.77. The molecular formula is C24H23F3N4O4. The molecule has 4 rings (SSSR count). The molecule has 2 N–H and O–H groups in total. The highest BCUT2D eigenvalue weighted by Gasteiger charge is 2.41. The zero-order valence-corrected chi connectivity index (χ0v) is 19.2. The summed E-state index contributed by atoms with van der Waals surface area (Å²) in [5.41, 5.74) is -2.55. The Kier molecular flexibility index (Phi) is 6.23. The molecule has 2 aliphatic rings. The molecule has 2 aliphatic heterocycles. The number of aromatic nitrogens is 1. The molecule has 1 aromatic heterocycles. The predicted molar refractivity (Wildman–Crippen MR) is 120 cm³/mol. The van der Waals surface area contributed by atoms with Crippen LogP contribution in [0, 0.1) is 35.2 Å². The van der Waals surface area contributed by atoms with Crippen LogP contribution < -0.4 is 15.8 Å². The largest absolute Gasteiger partial charge is 0.502 e. The summed E-state index contributed by atoms with van der Waals surface area (Å²) >= 11 is 0. The van der Waals surface area contributed by atoms with Crippen molar-refractivity contribution in [1.29, 1.82) is 0 Å². The first-order valence-corrected chi connectivity index (χ1v) is 11.0. The lowest BCUT2D eigenvalue weighted by atomic mass is 10.1. The maximum Gasteiger partial charge on any atom is 0.279 e. The monoisotopic (exact) mass is 488 g/mol. The summed E-state index contributed by atoms with van der Waals surface area (Å²) in [6, 6.07) is 0.639. The maximum atomic E-state index is 13.9. The number of aromatic hydroxyl groups is 1. The third-order valence-corrected chi connectivity index (χ3v) is 6.01. The average molecular weight is 488 g/mol. The number of benzene rings is 1. The number of nitrogens with zero attached hydrogens (tertiary/aromatic N) is 3. The Labute approximate surface area is 198 Å². The van der Waals surface area contributed by atoms with Gasteiger partial charge in [0.1, 0.15) is 23.0 Å². The minimum absolute atomic E-state index is 0.0319. The number of nitrogens with one attached hydrogen (secondary N) is 1. The van der Waals surface area contributed by atoms with E-state index in [1.165, 1.54) is 9.58 Å². The number of hydrogen-bond acceptors (Lipinski definition) is 5. The van der Waals surface area contributed by atoms with Crippen LogP contribution in [0.15, 0.2) is 23.1 Å². The van der Waals surface area contributed by atoms with Gasteiger partial charge in [-0.05, 0) is 20.3 Å². The van der Waals surface area contributed by atoms with Gasteiger partial charge in [0.05, 0.1) is 0 Å². The number of carbonyl (C=O) groups is 2. The van der Waals surface area contributed by atoms with Crippen molar-refractivity contribution in [2.45, 2.75) is 45.9 Å². The third kappa shape index (κ3) is 4.20. The van der Waals surface area contributed by atoms with E-state index in [0.29, 0.717) is 25.1 Å².